The first-order valence-electron chi connectivity index (χ1n) is 16.0. The average Bonchev–Trinajstić information content (AvgIpc) is 3.55. The Labute approximate surface area is 274 Å². The van der Waals surface area contributed by atoms with Gasteiger partial charge in [0.15, 0.2) is 5.82 Å². The SMILES string of the molecule is C=CC(=O)Nc1cc(Nc2cc(N3OCC[C@@H]3c3cc(F)cc(F)c3)ncn2)c(OC)cc1N1CCC(N2CCN(C)C[C@@H]2C)CC1. The first-order valence-corrected chi connectivity index (χ1v) is 16.0. The summed E-state index contributed by atoms with van der Waals surface area (Å²) in [6.45, 7) is 11.2. The molecule has 0 unspecified atom stereocenters. The standard InChI is InChI=1S/C34H42F2N8O3/c1-5-34(45)40-27-17-28(31(46-4)18-30(27)42-9-6-26(7-10-42)43-12-11-41(3)20-22(43)2)39-32-19-33(38-21-37-32)44-29(8-13-47-44)23-14-24(35)16-25(36)15-23/h5,14-19,21-22,26,29H,1,6-13,20H2,2-4H3,(H,40,45)(H,37,38,39)/t22-,29+/m0/s1. The minimum atomic E-state index is -0.652. The minimum absolute atomic E-state index is 0.321. The number of nitrogens with zero attached hydrogens (tertiary/aromatic N) is 6. The van der Waals surface area contributed by atoms with Crippen molar-refractivity contribution < 1.29 is 23.1 Å². The fourth-order valence-electron chi connectivity index (χ4n) is 6.96. The minimum Gasteiger partial charge on any atom is -0.494 e. The van der Waals surface area contributed by atoms with Crippen LogP contribution in [-0.2, 0) is 9.63 Å². The van der Waals surface area contributed by atoms with Crippen molar-refractivity contribution in [1.29, 1.82) is 0 Å². The van der Waals surface area contributed by atoms with E-state index in [0.717, 1.165) is 57.3 Å². The van der Waals surface area contributed by atoms with Gasteiger partial charge in [-0.1, -0.05) is 6.58 Å². The average molecular weight is 649 g/mol. The molecule has 4 heterocycles. The number of anilines is 5. The van der Waals surface area contributed by atoms with E-state index in [1.54, 1.807) is 18.2 Å². The zero-order chi connectivity index (χ0) is 33.1. The zero-order valence-electron chi connectivity index (χ0n) is 27.1. The van der Waals surface area contributed by atoms with Crippen LogP contribution in [0.3, 0.4) is 0 Å². The molecular weight excluding hydrogens is 606 g/mol. The number of likely N-dealkylation sites (N-methyl/N-ethyl adjacent to an activating group) is 1. The molecule has 2 atom stereocenters. The molecule has 3 aliphatic heterocycles. The molecule has 2 N–H and O–H groups in total. The van der Waals surface area contributed by atoms with E-state index in [2.05, 4.69) is 55.9 Å². The van der Waals surface area contributed by atoms with Crippen LogP contribution >= 0.6 is 0 Å². The number of ether oxygens (including phenoxy) is 1. The van der Waals surface area contributed by atoms with E-state index in [-0.39, 0.29) is 5.91 Å². The topological polar surface area (TPSA) is 98.3 Å². The predicted molar refractivity (Wildman–Crippen MR) is 178 cm³/mol. The van der Waals surface area contributed by atoms with Crippen molar-refractivity contribution in [3.05, 3.63) is 72.6 Å². The van der Waals surface area contributed by atoms with Crippen molar-refractivity contribution in [2.75, 3.05) is 74.1 Å². The number of rotatable bonds is 9. The number of piperazine rings is 1. The Morgan fingerprint density at radius 3 is 2.49 bits per heavy atom. The smallest absolute Gasteiger partial charge is 0.247 e. The molecule has 3 fully saturated rings. The van der Waals surface area contributed by atoms with Gasteiger partial charge in [-0.25, -0.2) is 23.8 Å². The molecule has 13 heteroatoms. The summed E-state index contributed by atoms with van der Waals surface area (Å²) in [5.74, 6) is -0.204. The van der Waals surface area contributed by atoms with Crippen LogP contribution in [0.2, 0.25) is 0 Å². The summed E-state index contributed by atoms with van der Waals surface area (Å²) in [4.78, 5) is 34.5. The number of aromatic nitrogens is 2. The van der Waals surface area contributed by atoms with Crippen molar-refractivity contribution in [1.82, 2.24) is 19.8 Å². The number of methoxy groups -OCH3 is 1. The van der Waals surface area contributed by atoms with Crippen LogP contribution in [-0.4, -0.2) is 91.2 Å². The Morgan fingerprint density at radius 1 is 1.02 bits per heavy atom. The molecule has 250 valence electrons. The van der Waals surface area contributed by atoms with Crippen molar-refractivity contribution in [3.63, 3.8) is 0 Å². The van der Waals surface area contributed by atoms with Gasteiger partial charge >= 0.3 is 0 Å². The van der Waals surface area contributed by atoms with Crippen LogP contribution in [0.25, 0.3) is 0 Å². The quantitative estimate of drug-likeness (QED) is 0.305. The highest BCUT2D eigenvalue weighted by atomic mass is 19.1. The first kappa shape index (κ1) is 32.6. The number of piperidine rings is 1. The van der Waals surface area contributed by atoms with E-state index < -0.39 is 17.7 Å². The Hall–Kier alpha value is -4.33. The summed E-state index contributed by atoms with van der Waals surface area (Å²) in [6, 6.07) is 9.51. The third-order valence-corrected chi connectivity index (χ3v) is 9.23. The number of benzene rings is 2. The lowest BCUT2D eigenvalue weighted by Gasteiger charge is -2.46. The molecule has 1 aromatic heterocycles. The molecule has 3 aliphatic rings. The summed E-state index contributed by atoms with van der Waals surface area (Å²) in [7, 11) is 3.78. The molecule has 0 spiro atoms. The van der Waals surface area contributed by atoms with Gasteiger partial charge in [-0.2, -0.15) is 0 Å². The molecule has 47 heavy (non-hydrogen) atoms. The third kappa shape index (κ3) is 7.32. The summed E-state index contributed by atoms with van der Waals surface area (Å²) >= 11 is 0. The molecule has 3 saturated heterocycles. The number of amides is 1. The van der Waals surface area contributed by atoms with Crippen LogP contribution in [0.15, 0.2) is 55.4 Å². The Kier molecular flexibility index (Phi) is 9.85. The van der Waals surface area contributed by atoms with Gasteiger partial charge in [-0.3, -0.25) is 14.5 Å². The summed E-state index contributed by atoms with van der Waals surface area (Å²) < 4.78 is 33.8. The van der Waals surface area contributed by atoms with Crippen molar-refractivity contribution in [2.45, 2.75) is 44.3 Å². The molecule has 11 nitrogen and oxygen atoms in total. The van der Waals surface area contributed by atoms with Gasteiger partial charge in [-0.15, -0.1) is 0 Å². The molecule has 0 bridgehead atoms. The lowest BCUT2D eigenvalue weighted by Crippen LogP contribution is -2.56. The highest BCUT2D eigenvalue weighted by Crippen LogP contribution is 2.41. The van der Waals surface area contributed by atoms with E-state index in [1.807, 2.05) is 12.1 Å². The van der Waals surface area contributed by atoms with E-state index in [1.165, 1.54) is 24.5 Å². The van der Waals surface area contributed by atoms with Crippen molar-refractivity contribution >= 4 is 34.6 Å². The molecule has 0 radical (unpaired) electrons. The second-order valence-electron chi connectivity index (χ2n) is 12.4. The summed E-state index contributed by atoms with van der Waals surface area (Å²) in [5, 5.41) is 7.82. The van der Waals surface area contributed by atoms with Gasteiger partial charge in [0.1, 0.15) is 29.5 Å². The predicted octanol–water partition coefficient (Wildman–Crippen LogP) is 5.12. The van der Waals surface area contributed by atoms with E-state index in [9.17, 15) is 13.6 Å². The van der Waals surface area contributed by atoms with Gasteiger partial charge in [0.05, 0.1) is 36.8 Å². The molecule has 1 amide bonds. The normalized spacial score (nSPS) is 21.1. The highest BCUT2D eigenvalue weighted by molar-refractivity contribution is 6.02. The fourth-order valence-corrected chi connectivity index (χ4v) is 6.96. The van der Waals surface area contributed by atoms with E-state index in [4.69, 9.17) is 9.57 Å². The van der Waals surface area contributed by atoms with Gasteiger partial charge < -0.3 is 25.2 Å². The molecule has 0 aliphatic carbocycles. The molecule has 3 aromatic rings. The fraction of sp³-hybridized carbons (Fsp3) is 0.441. The zero-order valence-corrected chi connectivity index (χ0v) is 27.1. The molecule has 0 saturated carbocycles. The highest BCUT2D eigenvalue weighted by Gasteiger charge is 2.32. The number of hydrogen-bond acceptors (Lipinski definition) is 10. The van der Waals surface area contributed by atoms with Crippen molar-refractivity contribution in [3.8, 4) is 5.75 Å². The number of carbonyl (C=O) groups is 1. The number of hydroxylamine groups is 1. The van der Waals surface area contributed by atoms with Crippen LogP contribution in [0, 0.1) is 11.6 Å². The largest absolute Gasteiger partial charge is 0.494 e. The number of nitrogens with one attached hydrogen (secondary N) is 2. The first-order chi connectivity index (χ1) is 22.7. The number of hydrogen-bond donors (Lipinski definition) is 2. The monoisotopic (exact) mass is 648 g/mol. The van der Waals surface area contributed by atoms with Crippen molar-refractivity contribution in [2.24, 2.45) is 0 Å². The van der Waals surface area contributed by atoms with E-state index in [0.29, 0.717) is 59.4 Å². The van der Waals surface area contributed by atoms with Gasteiger partial charge in [-0.05, 0) is 56.7 Å². The lowest BCUT2D eigenvalue weighted by atomic mass is 9.99. The Bertz CT molecular complexity index is 1580. The number of halogens is 2. The Balaban J connectivity index is 1.23. The molecule has 6 rings (SSSR count). The molecule has 2 aromatic carbocycles. The second-order valence-corrected chi connectivity index (χ2v) is 12.4. The summed E-state index contributed by atoms with van der Waals surface area (Å²) in [6.07, 6.45) is 5.21. The van der Waals surface area contributed by atoms with E-state index >= 15 is 0 Å². The maximum Gasteiger partial charge on any atom is 0.247 e. The van der Waals surface area contributed by atoms with Gasteiger partial charge in [0.25, 0.3) is 0 Å². The lowest BCUT2D eigenvalue weighted by molar-refractivity contribution is -0.111. The van der Waals surface area contributed by atoms with Crippen LogP contribution < -0.4 is 25.3 Å². The molecular formula is C34H42F2N8O3. The van der Waals surface area contributed by atoms with Crippen LogP contribution in [0.1, 0.15) is 37.8 Å². The van der Waals surface area contributed by atoms with Crippen LogP contribution in [0.4, 0.5) is 37.5 Å². The third-order valence-electron chi connectivity index (χ3n) is 9.23. The Morgan fingerprint density at radius 2 is 1.79 bits per heavy atom. The maximum atomic E-state index is 14.0. The van der Waals surface area contributed by atoms with Gasteiger partial charge in [0, 0.05) is 69.4 Å². The number of carbonyl (C=O) groups excluding carboxylic acids is 1. The summed E-state index contributed by atoms with van der Waals surface area (Å²) in [5.41, 5.74) is 2.52. The van der Waals surface area contributed by atoms with Gasteiger partial charge in [0.2, 0.25) is 5.91 Å². The second kappa shape index (κ2) is 14.2. The maximum absolute atomic E-state index is 14.0. The van der Waals surface area contributed by atoms with Crippen LogP contribution in [0.5, 0.6) is 5.75 Å².